The number of para-hydroxylation sites is 1. The van der Waals surface area contributed by atoms with Gasteiger partial charge in [0, 0.05) is 17.1 Å². The van der Waals surface area contributed by atoms with Crippen molar-refractivity contribution in [2.45, 2.75) is 12.8 Å². The van der Waals surface area contributed by atoms with Gasteiger partial charge in [-0.3, -0.25) is 4.79 Å². The zero-order chi connectivity index (χ0) is 16.5. The van der Waals surface area contributed by atoms with E-state index in [1.54, 1.807) is 18.2 Å². The molecule has 0 unspecified atom stereocenters. The minimum absolute atomic E-state index is 0.152. The number of halogens is 1. The number of anilines is 1. The van der Waals surface area contributed by atoms with E-state index in [-0.39, 0.29) is 11.0 Å². The average Bonchev–Trinajstić information content (AvgIpc) is 2.52. The summed E-state index contributed by atoms with van der Waals surface area (Å²) in [6, 6.07) is 16.6. The van der Waals surface area contributed by atoms with E-state index in [9.17, 15) is 4.79 Å². The molecule has 2 aromatic rings. The van der Waals surface area contributed by atoms with Gasteiger partial charge in [-0.25, -0.2) is 0 Å². The maximum atomic E-state index is 11.8. The molecule has 120 valence electrons. The minimum atomic E-state index is -0.152. The van der Waals surface area contributed by atoms with Crippen molar-refractivity contribution < 1.29 is 9.53 Å². The molecule has 2 rings (SSSR count). The van der Waals surface area contributed by atoms with E-state index in [0.717, 1.165) is 11.4 Å². The highest BCUT2D eigenvalue weighted by Crippen LogP contribution is 2.14. The summed E-state index contributed by atoms with van der Waals surface area (Å²) in [5, 5.41) is 6.39. The molecule has 0 bridgehead atoms. The molecule has 0 aliphatic rings. The lowest BCUT2D eigenvalue weighted by Gasteiger charge is -2.10. The highest BCUT2D eigenvalue weighted by atomic mass is 35.5. The van der Waals surface area contributed by atoms with E-state index >= 15 is 0 Å². The van der Waals surface area contributed by atoms with Crippen molar-refractivity contribution in [2.75, 3.05) is 11.9 Å². The van der Waals surface area contributed by atoms with Gasteiger partial charge in [-0.2, -0.15) is 0 Å². The predicted octanol–water partition coefficient (Wildman–Crippen LogP) is 4.01. The summed E-state index contributed by atoms with van der Waals surface area (Å²) in [6.45, 7) is 0.478. The summed E-state index contributed by atoms with van der Waals surface area (Å²) in [5.74, 6) is 0.646. The van der Waals surface area contributed by atoms with Crippen molar-refractivity contribution in [1.29, 1.82) is 0 Å². The lowest BCUT2D eigenvalue weighted by molar-refractivity contribution is -0.119. The van der Waals surface area contributed by atoms with E-state index in [4.69, 9.17) is 28.6 Å². The molecule has 0 radical (unpaired) electrons. The number of nitrogens with one attached hydrogen (secondary N) is 2. The van der Waals surface area contributed by atoms with Crippen LogP contribution in [0.2, 0.25) is 5.02 Å². The summed E-state index contributed by atoms with van der Waals surface area (Å²) in [4.78, 5) is 11.8. The maximum Gasteiger partial charge on any atom is 0.226 e. The molecule has 0 spiro atoms. The van der Waals surface area contributed by atoms with E-state index < -0.39 is 0 Å². The van der Waals surface area contributed by atoms with Gasteiger partial charge in [-0.15, -0.1) is 0 Å². The zero-order valence-electron chi connectivity index (χ0n) is 12.4. The largest absolute Gasteiger partial charge is 0.494 e. The minimum Gasteiger partial charge on any atom is -0.494 e. The number of hydrogen-bond acceptors (Lipinski definition) is 3. The zero-order valence-corrected chi connectivity index (χ0v) is 14.0. The molecular weight excluding hydrogens is 332 g/mol. The van der Waals surface area contributed by atoms with Crippen LogP contribution in [0.1, 0.15) is 12.8 Å². The second-order valence-corrected chi connectivity index (χ2v) is 5.62. The average molecular weight is 349 g/mol. The number of carbonyl (C=O) groups excluding carboxylic acids is 1. The summed E-state index contributed by atoms with van der Waals surface area (Å²) in [5.41, 5.74) is 0.732. The van der Waals surface area contributed by atoms with Crippen LogP contribution in [0.5, 0.6) is 5.75 Å². The Bertz CT molecular complexity index is 665. The first-order valence-electron chi connectivity index (χ1n) is 7.18. The third-order valence-electron chi connectivity index (χ3n) is 2.90. The Morgan fingerprint density at radius 2 is 1.91 bits per heavy atom. The fraction of sp³-hybridized carbons (Fsp3) is 0.176. The molecule has 0 atom stereocenters. The number of carbonyl (C=O) groups is 1. The molecule has 0 heterocycles. The van der Waals surface area contributed by atoms with Crippen molar-refractivity contribution in [2.24, 2.45) is 0 Å². The number of thiocarbonyl (C=S) groups is 1. The Kier molecular flexibility index (Phi) is 6.84. The van der Waals surface area contributed by atoms with Gasteiger partial charge in [0.15, 0.2) is 5.11 Å². The topological polar surface area (TPSA) is 50.4 Å². The molecule has 0 saturated carbocycles. The molecule has 0 aromatic heterocycles. The first-order chi connectivity index (χ1) is 11.1. The molecule has 4 nitrogen and oxygen atoms in total. The molecule has 23 heavy (non-hydrogen) atoms. The third kappa shape index (κ3) is 6.67. The van der Waals surface area contributed by atoms with Crippen LogP contribution in [0.3, 0.4) is 0 Å². The molecule has 1 amide bonds. The molecule has 0 saturated heterocycles. The summed E-state index contributed by atoms with van der Waals surface area (Å²) in [6.07, 6.45) is 0.949. The second kappa shape index (κ2) is 9.12. The van der Waals surface area contributed by atoms with Crippen LogP contribution in [0.15, 0.2) is 54.6 Å². The SMILES string of the molecule is O=C(CCCOc1ccccc1)NC(=S)Nc1cccc(Cl)c1. The Morgan fingerprint density at radius 1 is 1.13 bits per heavy atom. The number of amides is 1. The molecule has 2 aromatic carbocycles. The van der Waals surface area contributed by atoms with Crippen molar-refractivity contribution in [1.82, 2.24) is 5.32 Å². The van der Waals surface area contributed by atoms with Gasteiger partial charge in [0.05, 0.1) is 6.61 Å². The molecular formula is C17H17ClN2O2S. The first kappa shape index (κ1) is 17.2. The standard InChI is InChI=1S/C17H17ClN2O2S/c18-13-6-4-7-14(12-13)19-17(23)20-16(21)10-5-11-22-15-8-2-1-3-9-15/h1-4,6-9,12H,5,10-11H2,(H2,19,20,21,23). The van der Waals surface area contributed by atoms with Gasteiger partial charge in [0.2, 0.25) is 5.91 Å². The second-order valence-electron chi connectivity index (χ2n) is 4.78. The van der Waals surface area contributed by atoms with Gasteiger partial charge in [-0.05, 0) is 49.0 Å². The van der Waals surface area contributed by atoms with Gasteiger partial charge in [0.25, 0.3) is 0 Å². The van der Waals surface area contributed by atoms with E-state index in [1.165, 1.54) is 0 Å². The Hall–Kier alpha value is -2.11. The number of ether oxygens (including phenoxy) is 1. The summed E-state index contributed by atoms with van der Waals surface area (Å²) < 4.78 is 5.53. The van der Waals surface area contributed by atoms with Gasteiger partial charge < -0.3 is 15.4 Å². The smallest absolute Gasteiger partial charge is 0.226 e. The van der Waals surface area contributed by atoms with Crippen LogP contribution in [-0.2, 0) is 4.79 Å². The van der Waals surface area contributed by atoms with Crippen LogP contribution in [0, 0.1) is 0 Å². The molecule has 0 aliphatic carbocycles. The highest BCUT2D eigenvalue weighted by Gasteiger charge is 2.05. The van der Waals surface area contributed by atoms with Crippen molar-refractivity contribution in [3.8, 4) is 5.75 Å². The van der Waals surface area contributed by atoms with Crippen molar-refractivity contribution in [3.05, 3.63) is 59.6 Å². The van der Waals surface area contributed by atoms with E-state index in [2.05, 4.69) is 10.6 Å². The van der Waals surface area contributed by atoms with Crippen molar-refractivity contribution >= 4 is 40.5 Å². The third-order valence-corrected chi connectivity index (χ3v) is 3.33. The lowest BCUT2D eigenvalue weighted by atomic mass is 10.3. The molecule has 6 heteroatoms. The monoisotopic (exact) mass is 348 g/mol. The summed E-state index contributed by atoms with van der Waals surface area (Å²) >= 11 is 11.0. The molecule has 2 N–H and O–H groups in total. The fourth-order valence-electron chi connectivity index (χ4n) is 1.86. The Morgan fingerprint density at radius 3 is 2.65 bits per heavy atom. The van der Waals surface area contributed by atoms with Gasteiger partial charge in [0.1, 0.15) is 5.75 Å². The quantitative estimate of drug-likeness (QED) is 0.611. The number of benzene rings is 2. The van der Waals surface area contributed by atoms with Gasteiger partial charge in [-0.1, -0.05) is 35.9 Å². The van der Waals surface area contributed by atoms with Crippen LogP contribution in [-0.4, -0.2) is 17.6 Å². The first-order valence-corrected chi connectivity index (χ1v) is 7.96. The Balaban J connectivity index is 1.65. The van der Waals surface area contributed by atoms with Crippen molar-refractivity contribution in [3.63, 3.8) is 0 Å². The van der Waals surface area contributed by atoms with Crippen LogP contribution >= 0.6 is 23.8 Å². The number of hydrogen-bond donors (Lipinski definition) is 2. The van der Waals surface area contributed by atoms with E-state index in [1.807, 2.05) is 36.4 Å². The normalized spacial score (nSPS) is 9.96. The predicted molar refractivity (Wildman–Crippen MR) is 97.0 cm³/mol. The van der Waals surface area contributed by atoms with Gasteiger partial charge >= 0.3 is 0 Å². The maximum absolute atomic E-state index is 11.8. The Labute approximate surface area is 145 Å². The molecule has 0 aliphatic heterocycles. The summed E-state index contributed by atoms with van der Waals surface area (Å²) in [7, 11) is 0. The number of rotatable bonds is 6. The lowest BCUT2D eigenvalue weighted by Crippen LogP contribution is -2.34. The fourth-order valence-corrected chi connectivity index (χ4v) is 2.28. The van der Waals surface area contributed by atoms with Crippen LogP contribution in [0.4, 0.5) is 5.69 Å². The highest BCUT2D eigenvalue weighted by molar-refractivity contribution is 7.80. The van der Waals surface area contributed by atoms with Crippen LogP contribution < -0.4 is 15.4 Å². The van der Waals surface area contributed by atoms with Crippen LogP contribution in [0.25, 0.3) is 0 Å². The molecule has 0 fully saturated rings. The van der Waals surface area contributed by atoms with E-state index in [0.29, 0.717) is 24.5 Å².